The van der Waals surface area contributed by atoms with Crippen LogP contribution in [0.3, 0.4) is 0 Å². The molecule has 1 atom stereocenters. The molecule has 108 valence electrons. The average molecular weight is 276 g/mol. The molecule has 0 bridgehead atoms. The molecular formula is C15H20N2O3. The number of anilines is 1. The van der Waals surface area contributed by atoms with E-state index >= 15 is 0 Å². The van der Waals surface area contributed by atoms with Gasteiger partial charge in [-0.15, -0.1) is 0 Å². The fourth-order valence-corrected chi connectivity index (χ4v) is 2.47. The van der Waals surface area contributed by atoms with Gasteiger partial charge in [0.2, 0.25) is 5.91 Å². The predicted octanol–water partition coefficient (Wildman–Crippen LogP) is 1.91. The van der Waals surface area contributed by atoms with Crippen LogP contribution in [0.25, 0.3) is 0 Å². The Labute approximate surface area is 118 Å². The van der Waals surface area contributed by atoms with E-state index in [-0.39, 0.29) is 18.4 Å². The molecule has 2 rings (SSSR count). The van der Waals surface area contributed by atoms with Gasteiger partial charge in [-0.05, 0) is 32.4 Å². The van der Waals surface area contributed by atoms with Gasteiger partial charge in [0.05, 0.1) is 5.92 Å². The Balaban J connectivity index is 2.28. The minimum Gasteiger partial charge on any atom is -0.480 e. The lowest BCUT2D eigenvalue weighted by Crippen LogP contribution is -2.50. The molecule has 0 aromatic heterocycles. The van der Waals surface area contributed by atoms with Crippen LogP contribution in [0.2, 0.25) is 0 Å². The molecule has 0 radical (unpaired) electrons. The first-order chi connectivity index (χ1) is 9.30. The lowest BCUT2D eigenvalue weighted by molar-refractivity contribution is -0.148. The number of hydrogen-bond donors (Lipinski definition) is 2. The molecule has 0 spiro atoms. The van der Waals surface area contributed by atoms with E-state index in [2.05, 4.69) is 5.32 Å². The molecule has 1 aliphatic heterocycles. The van der Waals surface area contributed by atoms with Crippen LogP contribution in [0.15, 0.2) is 24.3 Å². The highest BCUT2D eigenvalue weighted by molar-refractivity contribution is 5.90. The van der Waals surface area contributed by atoms with Crippen molar-refractivity contribution < 1.29 is 14.7 Å². The second-order valence-corrected chi connectivity index (χ2v) is 6.01. The summed E-state index contributed by atoms with van der Waals surface area (Å²) in [5.74, 6) is -1.45. The summed E-state index contributed by atoms with van der Waals surface area (Å²) in [6.07, 6.45) is 0. The highest BCUT2D eigenvalue weighted by Gasteiger charge is 2.36. The van der Waals surface area contributed by atoms with Gasteiger partial charge in [-0.3, -0.25) is 9.59 Å². The summed E-state index contributed by atoms with van der Waals surface area (Å²) in [5, 5.41) is 12.2. The zero-order valence-electron chi connectivity index (χ0n) is 12.0. The predicted molar refractivity (Wildman–Crippen MR) is 76.8 cm³/mol. The van der Waals surface area contributed by atoms with E-state index in [1.807, 2.05) is 45.0 Å². The molecule has 0 aliphatic carbocycles. The van der Waals surface area contributed by atoms with Gasteiger partial charge in [-0.2, -0.15) is 0 Å². The molecular weight excluding hydrogens is 256 g/mol. The maximum absolute atomic E-state index is 12.7. The van der Waals surface area contributed by atoms with Crippen LogP contribution in [-0.4, -0.2) is 40.5 Å². The Morgan fingerprint density at radius 2 is 2.00 bits per heavy atom. The van der Waals surface area contributed by atoms with Crippen molar-refractivity contribution in [2.75, 3.05) is 18.4 Å². The molecule has 1 aromatic carbocycles. The molecule has 1 amide bonds. The largest absolute Gasteiger partial charge is 0.480 e. The van der Waals surface area contributed by atoms with E-state index in [9.17, 15) is 9.59 Å². The second kappa shape index (κ2) is 5.15. The van der Waals surface area contributed by atoms with Crippen LogP contribution in [0.4, 0.5) is 5.69 Å². The Morgan fingerprint density at radius 3 is 2.60 bits per heavy atom. The first-order valence-electron chi connectivity index (χ1n) is 6.67. The standard InChI is InChI=1S/C15H20N2O3/c1-15(2,3)17(9-13(18)19)14(20)11-8-16-12-7-5-4-6-10(11)12/h4-7,11,16H,8-9H2,1-3H3,(H,18,19). The summed E-state index contributed by atoms with van der Waals surface area (Å²) < 4.78 is 0. The molecule has 0 saturated heterocycles. The van der Waals surface area contributed by atoms with Crippen molar-refractivity contribution in [2.24, 2.45) is 0 Å². The third-order valence-electron chi connectivity index (χ3n) is 3.50. The maximum Gasteiger partial charge on any atom is 0.323 e. The van der Waals surface area contributed by atoms with Gasteiger partial charge >= 0.3 is 5.97 Å². The van der Waals surface area contributed by atoms with Crippen molar-refractivity contribution >= 4 is 17.6 Å². The number of carboxylic acids is 1. The van der Waals surface area contributed by atoms with Crippen LogP contribution in [-0.2, 0) is 9.59 Å². The van der Waals surface area contributed by atoms with Gasteiger partial charge < -0.3 is 15.3 Å². The molecule has 5 nitrogen and oxygen atoms in total. The van der Waals surface area contributed by atoms with E-state index in [1.165, 1.54) is 4.90 Å². The summed E-state index contributed by atoms with van der Waals surface area (Å²) in [6, 6.07) is 7.66. The smallest absolute Gasteiger partial charge is 0.323 e. The topological polar surface area (TPSA) is 69.6 Å². The second-order valence-electron chi connectivity index (χ2n) is 6.01. The maximum atomic E-state index is 12.7. The Bertz CT molecular complexity index is 534. The van der Waals surface area contributed by atoms with Gasteiger partial charge in [0.25, 0.3) is 0 Å². The number of carbonyl (C=O) groups is 2. The minimum atomic E-state index is -0.993. The highest BCUT2D eigenvalue weighted by Crippen LogP contribution is 2.33. The number of carbonyl (C=O) groups excluding carboxylic acids is 1. The van der Waals surface area contributed by atoms with E-state index in [4.69, 9.17) is 5.11 Å². The molecule has 1 aromatic rings. The van der Waals surface area contributed by atoms with Crippen LogP contribution >= 0.6 is 0 Å². The summed E-state index contributed by atoms with van der Waals surface area (Å²) in [7, 11) is 0. The molecule has 1 heterocycles. The number of carboxylic acid groups (broad SMARTS) is 1. The Hall–Kier alpha value is -2.04. The van der Waals surface area contributed by atoms with E-state index in [1.54, 1.807) is 0 Å². The molecule has 1 aliphatic rings. The van der Waals surface area contributed by atoms with Crippen molar-refractivity contribution in [2.45, 2.75) is 32.2 Å². The van der Waals surface area contributed by atoms with Crippen molar-refractivity contribution in [1.82, 2.24) is 4.90 Å². The molecule has 1 unspecified atom stereocenters. The fourth-order valence-electron chi connectivity index (χ4n) is 2.47. The number of hydrogen-bond acceptors (Lipinski definition) is 3. The number of nitrogens with zero attached hydrogens (tertiary/aromatic N) is 1. The van der Waals surface area contributed by atoms with E-state index in [0.717, 1.165) is 11.3 Å². The van der Waals surface area contributed by atoms with Crippen molar-refractivity contribution in [1.29, 1.82) is 0 Å². The highest BCUT2D eigenvalue weighted by atomic mass is 16.4. The lowest BCUT2D eigenvalue weighted by atomic mass is 9.96. The number of rotatable bonds is 3. The van der Waals surface area contributed by atoms with Gasteiger partial charge in [0.15, 0.2) is 0 Å². The normalized spacial score (nSPS) is 17.2. The number of aliphatic carboxylic acids is 1. The summed E-state index contributed by atoms with van der Waals surface area (Å²) >= 11 is 0. The van der Waals surface area contributed by atoms with E-state index in [0.29, 0.717) is 6.54 Å². The van der Waals surface area contributed by atoms with Crippen LogP contribution < -0.4 is 5.32 Å². The van der Waals surface area contributed by atoms with Crippen LogP contribution in [0.5, 0.6) is 0 Å². The first-order valence-corrected chi connectivity index (χ1v) is 6.67. The Morgan fingerprint density at radius 1 is 1.35 bits per heavy atom. The van der Waals surface area contributed by atoms with Gasteiger partial charge in [0.1, 0.15) is 6.54 Å². The zero-order chi connectivity index (χ0) is 14.9. The van der Waals surface area contributed by atoms with Crippen molar-refractivity contribution in [3.8, 4) is 0 Å². The number of nitrogens with one attached hydrogen (secondary N) is 1. The summed E-state index contributed by atoms with van der Waals surface area (Å²) in [4.78, 5) is 25.2. The Kier molecular flexibility index (Phi) is 3.70. The van der Waals surface area contributed by atoms with Crippen molar-refractivity contribution in [3.63, 3.8) is 0 Å². The summed E-state index contributed by atoms with van der Waals surface area (Å²) in [5.41, 5.74) is 1.37. The number of amides is 1. The van der Waals surface area contributed by atoms with Gasteiger partial charge in [0, 0.05) is 17.8 Å². The quantitative estimate of drug-likeness (QED) is 0.884. The average Bonchev–Trinajstić information content (AvgIpc) is 2.77. The fraction of sp³-hybridized carbons (Fsp3) is 0.467. The zero-order valence-corrected chi connectivity index (χ0v) is 12.0. The van der Waals surface area contributed by atoms with Crippen LogP contribution in [0.1, 0.15) is 32.3 Å². The molecule has 2 N–H and O–H groups in total. The molecule has 5 heteroatoms. The first kappa shape index (κ1) is 14.4. The van der Waals surface area contributed by atoms with Crippen LogP contribution in [0, 0.1) is 0 Å². The third-order valence-corrected chi connectivity index (χ3v) is 3.50. The number of benzene rings is 1. The SMILES string of the molecule is CC(C)(C)N(CC(=O)O)C(=O)C1CNc2ccccc21. The number of fused-ring (bicyclic) bond motifs is 1. The van der Waals surface area contributed by atoms with Gasteiger partial charge in [-0.1, -0.05) is 18.2 Å². The van der Waals surface area contributed by atoms with Gasteiger partial charge in [-0.25, -0.2) is 0 Å². The molecule has 20 heavy (non-hydrogen) atoms. The third kappa shape index (κ3) is 2.76. The van der Waals surface area contributed by atoms with E-state index < -0.39 is 11.5 Å². The monoisotopic (exact) mass is 276 g/mol. The lowest BCUT2D eigenvalue weighted by Gasteiger charge is -2.36. The summed E-state index contributed by atoms with van der Waals surface area (Å²) in [6.45, 7) is 5.79. The molecule has 0 saturated carbocycles. The molecule has 0 fully saturated rings. The number of para-hydroxylation sites is 1. The van der Waals surface area contributed by atoms with Crippen molar-refractivity contribution in [3.05, 3.63) is 29.8 Å². The minimum absolute atomic E-state index is 0.141.